The van der Waals surface area contributed by atoms with Crippen LogP contribution in [0.25, 0.3) is 0 Å². The molecule has 82 valence electrons. The topological polar surface area (TPSA) is 78.3 Å². The van der Waals surface area contributed by atoms with Crippen LogP contribution in [-0.2, 0) is 17.8 Å². The molecule has 0 amide bonds. The molecule has 0 unspecified atom stereocenters. The summed E-state index contributed by atoms with van der Waals surface area (Å²) in [5.74, 6) is 0.0743. The Morgan fingerprint density at radius 1 is 1.40 bits per heavy atom. The van der Waals surface area contributed by atoms with Crippen LogP contribution in [0.15, 0.2) is 18.2 Å². The maximum absolute atomic E-state index is 11.1. The summed E-state index contributed by atoms with van der Waals surface area (Å²) >= 11 is 0. The van der Waals surface area contributed by atoms with Crippen molar-refractivity contribution in [3.05, 3.63) is 29.3 Å². The summed E-state index contributed by atoms with van der Waals surface area (Å²) in [7, 11) is 0. The normalized spacial score (nSPS) is 10.1. The van der Waals surface area contributed by atoms with Gasteiger partial charge in [-0.3, -0.25) is 4.79 Å². The SMILES string of the molecule is CCc1cccc(OC(=O)CN)c1CN. The summed E-state index contributed by atoms with van der Waals surface area (Å²) in [6.07, 6.45) is 0.862. The van der Waals surface area contributed by atoms with E-state index in [9.17, 15) is 4.79 Å². The van der Waals surface area contributed by atoms with Crippen LogP contribution in [0.3, 0.4) is 0 Å². The Labute approximate surface area is 89.2 Å². The molecule has 4 N–H and O–H groups in total. The molecule has 0 saturated heterocycles. The third-order valence-electron chi connectivity index (χ3n) is 2.21. The zero-order valence-corrected chi connectivity index (χ0v) is 8.82. The quantitative estimate of drug-likeness (QED) is 0.560. The molecule has 4 nitrogen and oxygen atoms in total. The molecule has 0 radical (unpaired) electrons. The predicted molar refractivity (Wildman–Crippen MR) is 58.4 cm³/mol. The van der Waals surface area contributed by atoms with Crippen molar-refractivity contribution in [3.8, 4) is 5.75 Å². The van der Waals surface area contributed by atoms with Crippen molar-refractivity contribution in [2.45, 2.75) is 19.9 Å². The van der Waals surface area contributed by atoms with E-state index in [1.54, 1.807) is 6.07 Å². The van der Waals surface area contributed by atoms with Crippen molar-refractivity contribution < 1.29 is 9.53 Å². The number of ether oxygens (including phenoxy) is 1. The fourth-order valence-corrected chi connectivity index (χ4v) is 1.43. The van der Waals surface area contributed by atoms with E-state index < -0.39 is 5.97 Å². The van der Waals surface area contributed by atoms with Gasteiger partial charge in [0.1, 0.15) is 5.75 Å². The molecule has 15 heavy (non-hydrogen) atoms. The highest BCUT2D eigenvalue weighted by Crippen LogP contribution is 2.22. The van der Waals surface area contributed by atoms with Gasteiger partial charge in [0.05, 0.1) is 6.54 Å². The van der Waals surface area contributed by atoms with Gasteiger partial charge in [-0.15, -0.1) is 0 Å². The first-order chi connectivity index (χ1) is 7.22. The average Bonchev–Trinajstić information content (AvgIpc) is 2.28. The molecule has 0 aliphatic heterocycles. The molecule has 0 spiro atoms. The van der Waals surface area contributed by atoms with Gasteiger partial charge in [-0.1, -0.05) is 19.1 Å². The molecular weight excluding hydrogens is 192 g/mol. The Kier molecular flexibility index (Phi) is 4.27. The summed E-state index contributed by atoms with van der Waals surface area (Å²) in [5, 5.41) is 0. The van der Waals surface area contributed by atoms with Gasteiger partial charge in [0.25, 0.3) is 0 Å². The lowest BCUT2D eigenvalue weighted by atomic mass is 10.0. The van der Waals surface area contributed by atoms with Crippen LogP contribution in [0.1, 0.15) is 18.1 Å². The molecule has 0 aromatic heterocycles. The summed E-state index contributed by atoms with van der Waals surface area (Å²) < 4.78 is 5.08. The predicted octanol–water partition coefficient (Wildman–Crippen LogP) is 0.572. The van der Waals surface area contributed by atoms with Gasteiger partial charge in [-0.05, 0) is 18.1 Å². The number of nitrogens with two attached hydrogens (primary N) is 2. The third-order valence-corrected chi connectivity index (χ3v) is 2.21. The van der Waals surface area contributed by atoms with Crippen molar-refractivity contribution >= 4 is 5.97 Å². The summed E-state index contributed by atoms with van der Waals surface area (Å²) in [4.78, 5) is 11.1. The van der Waals surface area contributed by atoms with Crippen LogP contribution in [0.2, 0.25) is 0 Å². The van der Waals surface area contributed by atoms with Gasteiger partial charge in [0.2, 0.25) is 0 Å². The molecule has 0 aliphatic rings. The first-order valence-electron chi connectivity index (χ1n) is 4.94. The van der Waals surface area contributed by atoms with E-state index in [1.165, 1.54) is 0 Å². The minimum Gasteiger partial charge on any atom is -0.425 e. The molecule has 0 aliphatic carbocycles. The van der Waals surface area contributed by atoms with E-state index in [4.69, 9.17) is 16.2 Å². The average molecular weight is 208 g/mol. The van der Waals surface area contributed by atoms with Gasteiger partial charge >= 0.3 is 5.97 Å². The highest BCUT2D eigenvalue weighted by Gasteiger charge is 2.09. The second-order valence-corrected chi connectivity index (χ2v) is 3.13. The van der Waals surface area contributed by atoms with Crippen LogP contribution in [0.5, 0.6) is 5.75 Å². The van der Waals surface area contributed by atoms with Gasteiger partial charge in [0.15, 0.2) is 0 Å². The highest BCUT2D eigenvalue weighted by atomic mass is 16.5. The molecule has 1 rings (SSSR count). The number of carbonyl (C=O) groups is 1. The first kappa shape index (κ1) is 11.7. The maximum Gasteiger partial charge on any atom is 0.325 e. The molecule has 0 bridgehead atoms. The lowest BCUT2D eigenvalue weighted by Gasteiger charge is -2.11. The molecule has 1 aromatic rings. The molecule has 0 fully saturated rings. The summed E-state index contributed by atoms with van der Waals surface area (Å²) in [6, 6.07) is 5.55. The molecule has 4 heteroatoms. The van der Waals surface area contributed by atoms with Crippen LogP contribution in [-0.4, -0.2) is 12.5 Å². The van der Waals surface area contributed by atoms with E-state index in [-0.39, 0.29) is 6.54 Å². The van der Waals surface area contributed by atoms with Crippen molar-refractivity contribution in [3.63, 3.8) is 0 Å². The van der Waals surface area contributed by atoms with E-state index in [2.05, 4.69) is 0 Å². The number of hydrogen-bond acceptors (Lipinski definition) is 4. The Morgan fingerprint density at radius 2 is 2.13 bits per heavy atom. The minimum atomic E-state index is -0.446. The highest BCUT2D eigenvalue weighted by molar-refractivity contribution is 5.74. The number of aryl methyl sites for hydroxylation is 1. The van der Waals surface area contributed by atoms with Crippen LogP contribution >= 0.6 is 0 Å². The van der Waals surface area contributed by atoms with E-state index in [0.29, 0.717) is 12.3 Å². The van der Waals surface area contributed by atoms with Crippen molar-refractivity contribution in [2.24, 2.45) is 11.5 Å². The fourth-order valence-electron chi connectivity index (χ4n) is 1.43. The minimum absolute atomic E-state index is 0.125. The van der Waals surface area contributed by atoms with Gasteiger partial charge in [-0.25, -0.2) is 0 Å². The van der Waals surface area contributed by atoms with Crippen LogP contribution in [0, 0.1) is 0 Å². The third kappa shape index (κ3) is 2.78. The number of benzene rings is 1. The standard InChI is InChI=1S/C11H16N2O2/c1-2-8-4-3-5-10(9(8)6-12)15-11(14)7-13/h3-5H,2,6-7,12-13H2,1H3. The van der Waals surface area contributed by atoms with Gasteiger partial charge in [-0.2, -0.15) is 0 Å². The fraction of sp³-hybridized carbons (Fsp3) is 0.364. The summed E-state index contributed by atoms with van der Waals surface area (Å²) in [5.41, 5.74) is 12.8. The van der Waals surface area contributed by atoms with Gasteiger partial charge in [0, 0.05) is 12.1 Å². The molecule has 0 heterocycles. The first-order valence-corrected chi connectivity index (χ1v) is 4.94. The molecule has 1 aromatic carbocycles. The van der Waals surface area contributed by atoms with Crippen molar-refractivity contribution in [1.29, 1.82) is 0 Å². The Morgan fingerprint density at radius 3 is 2.67 bits per heavy atom. The lowest BCUT2D eigenvalue weighted by molar-refractivity contribution is -0.132. The number of esters is 1. The van der Waals surface area contributed by atoms with Crippen molar-refractivity contribution in [1.82, 2.24) is 0 Å². The second kappa shape index (κ2) is 5.48. The number of rotatable bonds is 4. The lowest BCUT2D eigenvalue weighted by Crippen LogP contribution is -2.20. The Balaban J connectivity index is 3.00. The zero-order valence-electron chi connectivity index (χ0n) is 8.82. The maximum atomic E-state index is 11.1. The second-order valence-electron chi connectivity index (χ2n) is 3.13. The summed E-state index contributed by atoms with van der Waals surface area (Å²) in [6.45, 7) is 2.26. The molecule has 0 saturated carbocycles. The van der Waals surface area contributed by atoms with Crippen molar-refractivity contribution in [2.75, 3.05) is 6.54 Å². The molecule has 0 atom stereocenters. The number of carbonyl (C=O) groups excluding carboxylic acids is 1. The van der Waals surface area contributed by atoms with Crippen LogP contribution in [0.4, 0.5) is 0 Å². The smallest absolute Gasteiger partial charge is 0.325 e. The van der Waals surface area contributed by atoms with Crippen LogP contribution < -0.4 is 16.2 Å². The molecular formula is C11H16N2O2. The van der Waals surface area contributed by atoms with E-state index in [0.717, 1.165) is 17.5 Å². The van der Waals surface area contributed by atoms with E-state index >= 15 is 0 Å². The van der Waals surface area contributed by atoms with Gasteiger partial charge < -0.3 is 16.2 Å². The largest absolute Gasteiger partial charge is 0.425 e. The van der Waals surface area contributed by atoms with E-state index in [1.807, 2.05) is 19.1 Å². The number of hydrogen-bond donors (Lipinski definition) is 2. The zero-order chi connectivity index (χ0) is 11.3. The Bertz CT molecular complexity index is 350. The monoisotopic (exact) mass is 208 g/mol. The Hall–Kier alpha value is -1.39.